The Kier molecular flexibility index (Phi) is 8.17. The van der Waals surface area contributed by atoms with Gasteiger partial charge in [0.25, 0.3) is 0 Å². The highest BCUT2D eigenvalue weighted by molar-refractivity contribution is 6.30. The van der Waals surface area contributed by atoms with Crippen LogP contribution in [-0.4, -0.2) is 36.7 Å². The van der Waals surface area contributed by atoms with Crippen LogP contribution in [0.5, 0.6) is 5.75 Å². The van der Waals surface area contributed by atoms with Gasteiger partial charge in [-0.25, -0.2) is 14.0 Å². The minimum atomic E-state index is -1.83. The molecule has 0 aliphatic carbocycles. The SMILES string of the molecule is COC(=O)OCc1ccc(OC)c(-c2cccc(Cl)c2)c1F.O=C(O)O. The summed E-state index contributed by atoms with van der Waals surface area (Å²) >= 11 is 5.95. The van der Waals surface area contributed by atoms with Gasteiger partial charge in [0.1, 0.15) is 18.2 Å². The smallest absolute Gasteiger partial charge is 0.496 e. The summed E-state index contributed by atoms with van der Waals surface area (Å²) in [5, 5.41) is 14.4. The fourth-order valence-corrected chi connectivity index (χ4v) is 2.18. The predicted octanol–water partition coefficient (Wildman–Crippen LogP) is 4.66. The molecular weight excluding hydrogens is 371 g/mol. The number of carbonyl (C=O) groups excluding carboxylic acids is 1. The van der Waals surface area contributed by atoms with E-state index < -0.39 is 18.1 Å². The Balaban J connectivity index is 0.000000765. The van der Waals surface area contributed by atoms with Crippen molar-refractivity contribution >= 4 is 23.9 Å². The summed E-state index contributed by atoms with van der Waals surface area (Å²) in [7, 11) is 2.64. The molecule has 0 amide bonds. The molecule has 0 aliphatic heterocycles. The molecule has 0 saturated heterocycles. The maximum absolute atomic E-state index is 14.7. The standard InChI is InChI=1S/C16H14ClFO4.CH2O3/c1-20-13-7-6-11(9-22-16(19)21-2)15(18)14(13)10-4-3-5-12(17)8-10;2-1(3)4/h3-8H,9H2,1-2H3;(H2,2,3,4). The van der Waals surface area contributed by atoms with Gasteiger partial charge in [0, 0.05) is 10.6 Å². The Labute approximate surface area is 153 Å². The van der Waals surface area contributed by atoms with Crippen molar-refractivity contribution in [2.45, 2.75) is 6.61 Å². The molecule has 26 heavy (non-hydrogen) atoms. The number of carbonyl (C=O) groups is 2. The van der Waals surface area contributed by atoms with E-state index in [4.69, 9.17) is 36.1 Å². The normalized spacial score (nSPS) is 9.54. The first-order valence-electron chi connectivity index (χ1n) is 7.04. The topological polar surface area (TPSA) is 102 Å². The molecule has 2 aromatic rings. The van der Waals surface area contributed by atoms with Crippen LogP contribution < -0.4 is 4.74 Å². The van der Waals surface area contributed by atoms with Gasteiger partial charge < -0.3 is 24.4 Å². The molecule has 0 aromatic heterocycles. The first-order valence-corrected chi connectivity index (χ1v) is 7.41. The van der Waals surface area contributed by atoms with Crippen molar-refractivity contribution in [2.24, 2.45) is 0 Å². The third kappa shape index (κ3) is 6.14. The molecule has 0 atom stereocenters. The van der Waals surface area contributed by atoms with Crippen molar-refractivity contribution < 1.29 is 38.4 Å². The highest BCUT2D eigenvalue weighted by Crippen LogP contribution is 2.35. The quantitative estimate of drug-likeness (QED) is 0.736. The first-order chi connectivity index (χ1) is 12.3. The zero-order chi connectivity index (χ0) is 19.7. The largest absolute Gasteiger partial charge is 0.508 e. The van der Waals surface area contributed by atoms with Crippen LogP contribution in [0, 0.1) is 5.82 Å². The van der Waals surface area contributed by atoms with Crippen molar-refractivity contribution in [2.75, 3.05) is 14.2 Å². The van der Waals surface area contributed by atoms with Gasteiger partial charge in [0.05, 0.1) is 19.8 Å². The number of carboxylic acid groups (broad SMARTS) is 2. The van der Waals surface area contributed by atoms with Gasteiger partial charge in [-0.15, -0.1) is 0 Å². The van der Waals surface area contributed by atoms with Crippen molar-refractivity contribution in [3.63, 3.8) is 0 Å². The molecule has 2 aromatic carbocycles. The molecule has 2 N–H and O–H groups in total. The maximum Gasteiger partial charge on any atom is 0.508 e. The second-order valence-corrected chi connectivity index (χ2v) is 5.09. The van der Waals surface area contributed by atoms with E-state index in [2.05, 4.69) is 4.74 Å². The van der Waals surface area contributed by atoms with E-state index in [1.807, 2.05) is 0 Å². The number of hydrogen-bond donors (Lipinski definition) is 2. The molecule has 7 nitrogen and oxygen atoms in total. The molecule has 0 fully saturated rings. The van der Waals surface area contributed by atoms with E-state index in [-0.39, 0.29) is 17.7 Å². The Bertz CT molecular complexity index is 776. The number of halogens is 2. The van der Waals surface area contributed by atoms with E-state index >= 15 is 0 Å². The van der Waals surface area contributed by atoms with E-state index in [1.165, 1.54) is 20.3 Å². The van der Waals surface area contributed by atoms with Gasteiger partial charge in [-0.05, 0) is 29.8 Å². The van der Waals surface area contributed by atoms with E-state index in [1.54, 1.807) is 30.3 Å². The van der Waals surface area contributed by atoms with Crippen LogP contribution in [0.25, 0.3) is 11.1 Å². The number of ether oxygens (including phenoxy) is 3. The van der Waals surface area contributed by atoms with Crippen LogP contribution in [0.15, 0.2) is 36.4 Å². The zero-order valence-electron chi connectivity index (χ0n) is 13.9. The van der Waals surface area contributed by atoms with Crippen LogP contribution in [0.1, 0.15) is 5.56 Å². The van der Waals surface area contributed by atoms with Gasteiger partial charge in [0.2, 0.25) is 0 Å². The molecule has 0 spiro atoms. The Morgan fingerprint density at radius 2 is 1.81 bits per heavy atom. The highest BCUT2D eigenvalue weighted by Gasteiger charge is 2.17. The van der Waals surface area contributed by atoms with E-state index in [0.717, 1.165) is 0 Å². The molecule has 0 unspecified atom stereocenters. The van der Waals surface area contributed by atoms with Crippen molar-refractivity contribution in [1.82, 2.24) is 0 Å². The zero-order valence-corrected chi connectivity index (χ0v) is 14.6. The molecule has 0 heterocycles. The molecule has 140 valence electrons. The molecule has 0 bridgehead atoms. The minimum Gasteiger partial charge on any atom is -0.496 e. The van der Waals surface area contributed by atoms with Crippen LogP contribution in [-0.2, 0) is 16.1 Å². The number of rotatable bonds is 4. The molecule has 2 rings (SSSR count). The second-order valence-electron chi connectivity index (χ2n) is 4.65. The molecule has 0 radical (unpaired) electrons. The van der Waals surface area contributed by atoms with Gasteiger partial charge in [-0.2, -0.15) is 0 Å². The summed E-state index contributed by atoms with van der Waals surface area (Å²) in [4.78, 5) is 19.6. The third-order valence-electron chi connectivity index (χ3n) is 3.03. The van der Waals surface area contributed by atoms with Gasteiger partial charge in [0.15, 0.2) is 0 Å². The summed E-state index contributed by atoms with van der Waals surface area (Å²) in [5.41, 5.74) is 1.04. The first kappa shape index (κ1) is 21.0. The monoisotopic (exact) mass is 386 g/mol. The Hall–Kier alpha value is -3.00. The fraction of sp³-hybridized carbons (Fsp3) is 0.176. The van der Waals surface area contributed by atoms with Crippen molar-refractivity contribution in [3.8, 4) is 16.9 Å². The second kappa shape index (κ2) is 10.1. The molecule has 9 heteroatoms. The molecular formula is C17H16ClFO7. The Morgan fingerprint density at radius 1 is 1.15 bits per heavy atom. The summed E-state index contributed by atoms with van der Waals surface area (Å²) in [6.07, 6.45) is -2.71. The van der Waals surface area contributed by atoms with Crippen LogP contribution >= 0.6 is 11.6 Å². The lowest BCUT2D eigenvalue weighted by Gasteiger charge is -2.13. The van der Waals surface area contributed by atoms with Gasteiger partial charge in [-0.1, -0.05) is 23.7 Å². The molecule has 0 saturated carbocycles. The highest BCUT2D eigenvalue weighted by atomic mass is 35.5. The lowest BCUT2D eigenvalue weighted by molar-refractivity contribution is 0.0661. The van der Waals surface area contributed by atoms with E-state index in [0.29, 0.717) is 16.3 Å². The van der Waals surface area contributed by atoms with Gasteiger partial charge in [-0.3, -0.25) is 0 Å². The van der Waals surface area contributed by atoms with Crippen LogP contribution in [0.4, 0.5) is 14.0 Å². The third-order valence-corrected chi connectivity index (χ3v) is 3.26. The minimum absolute atomic E-state index is 0.209. The van der Waals surface area contributed by atoms with E-state index in [9.17, 15) is 9.18 Å². The fourth-order valence-electron chi connectivity index (χ4n) is 1.99. The lowest BCUT2D eigenvalue weighted by Crippen LogP contribution is -2.06. The summed E-state index contributed by atoms with van der Waals surface area (Å²) in [6.45, 7) is -0.240. The van der Waals surface area contributed by atoms with Crippen LogP contribution in [0.3, 0.4) is 0 Å². The van der Waals surface area contributed by atoms with Crippen molar-refractivity contribution in [3.05, 3.63) is 52.8 Å². The average molecular weight is 387 g/mol. The van der Waals surface area contributed by atoms with Crippen LogP contribution in [0.2, 0.25) is 5.02 Å². The number of benzene rings is 2. The summed E-state index contributed by atoms with van der Waals surface area (Å²) in [5.74, 6) is -0.174. The predicted molar refractivity (Wildman–Crippen MR) is 91.2 cm³/mol. The number of hydrogen-bond acceptors (Lipinski definition) is 5. The summed E-state index contributed by atoms with van der Waals surface area (Å²) in [6, 6.07) is 9.86. The Morgan fingerprint density at radius 3 is 2.35 bits per heavy atom. The summed E-state index contributed by atoms with van der Waals surface area (Å²) < 4.78 is 29.1. The average Bonchev–Trinajstić information content (AvgIpc) is 2.59. The lowest BCUT2D eigenvalue weighted by atomic mass is 10.0. The van der Waals surface area contributed by atoms with Crippen molar-refractivity contribution in [1.29, 1.82) is 0 Å². The maximum atomic E-state index is 14.7. The number of methoxy groups -OCH3 is 2. The molecule has 0 aliphatic rings. The van der Waals surface area contributed by atoms with Gasteiger partial charge >= 0.3 is 12.3 Å².